The topological polar surface area (TPSA) is 65.8 Å². The van der Waals surface area contributed by atoms with Crippen molar-refractivity contribution in [1.82, 2.24) is 4.98 Å². The van der Waals surface area contributed by atoms with E-state index in [0.29, 0.717) is 0 Å². The summed E-state index contributed by atoms with van der Waals surface area (Å²) in [7, 11) is 0. The van der Waals surface area contributed by atoms with Crippen LogP contribution in [0.15, 0.2) is 42.5 Å². The molecule has 3 rings (SSSR count). The van der Waals surface area contributed by atoms with Gasteiger partial charge in [0, 0.05) is 11.3 Å². The predicted molar refractivity (Wildman–Crippen MR) is 96.5 cm³/mol. The van der Waals surface area contributed by atoms with Gasteiger partial charge < -0.3 is 5.32 Å². The second-order valence-electron chi connectivity index (χ2n) is 4.89. The smallest absolute Gasteiger partial charge is 0.235 e. The highest BCUT2D eigenvalue weighted by molar-refractivity contribution is 8.04. The zero-order valence-corrected chi connectivity index (χ0v) is 14.0. The Morgan fingerprint density at radius 2 is 2.13 bits per heavy atom. The number of para-hydroxylation sites is 1. The fourth-order valence-electron chi connectivity index (χ4n) is 2.27. The molecule has 2 aromatic carbocycles. The Kier molecular flexibility index (Phi) is 4.60. The van der Waals surface area contributed by atoms with E-state index in [1.54, 1.807) is 11.3 Å². The highest BCUT2D eigenvalue weighted by Crippen LogP contribution is 2.34. The van der Waals surface area contributed by atoms with Crippen molar-refractivity contribution in [1.29, 1.82) is 5.26 Å². The third kappa shape index (κ3) is 3.36. The third-order valence-corrected chi connectivity index (χ3v) is 5.01. The molecule has 0 aliphatic carbocycles. The van der Waals surface area contributed by atoms with E-state index in [1.165, 1.54) is 0 Å². The Balaban J connectivity index is 1.93. The number of nitriles is 1. The zero-order valence-electron chi connectivity index (χ0n) is 12.4. The molecule has 4 nitrogen and oxygen atoms in total. The monoisotopic (exact) mass is 339 g/mol. The number of hydrogen-bond acceptors (Lipinski definition) is 5. The van der Waals surface area contributed by atoms with E-state index in [9.17, 15) is 4.79 Å². The first kappa shape index (κ1) is 15.5. The first-order valence-corrected chi connectivity index (χ1v) is 8.75. The summed E-state index contributed by atoms with van der Waals surface area (Å²) in [5.41, 5.74) is 3.72. The second-order valence-corrected chi connectivity index (χ2v) is 6.68. The molecule has 0 radical (unpaired) electrons. The summed E-state index contributed by atoms with van der Waals surface area (Å²) in [5, 5.41) is 14.2. The number of rotatable bonds is 4. The van der Waals surface area contributed by atoms with Crippen LogP contribution in [0.1, 0.15) is 5.56 Å². The van der Waals surface area contributed by atoms with E-state index in [-0.39, 0.29) is 11.7 Å². The molecule has 3 aromatic rings. The Bertz CT molecular complexity index is 879. The number of amides is 1. The highest BCUT2D eigenvalue weighted by Gasteiger charge is 2.12. The molecule has 1 N–H and O–H groups in total. The fraction of sp³-hybridized carbons (Fsp3) is 0.118. The molecule has 1 aromatic heterocycles. The van der Waals surface area contributed by atoms with Crippen LogP contribution in [0.4, 0.5) is 5.69 Å². The quantitative estimate of drug-likeness (QED) is 0.714. The minimum atomic E-state index is -0.180. The number of aromatic nitrogens is 1. The van der Waals surface area contributed by atoms with Crippen LogP contribution in [0.5, 0.6) is 0 Å². The molecule has 0 fully saturated rings. The molecule has 0 saturated carbocycles. The summed E-state index contributed by atoms with van der Waals surface area (Å²) < 4.78 is 1.14. The molecule has 0 spiro atoms. The van der Waals surface area contributed by atoms with Crippen LogP contribution in [0.3, 0.4) is 0 Å². The summed E-state index contributed by atoms with van der Waals surface area (Å²) >= 11 is 2.56. The minimum absolute atomic E-state index is 0.126. The number of thiazole rings is 1. The van der Waals surface area contributed by atoms with Gasteiger partial charge in [0.2, 0.25) is 5.91 Å². The summed E-state index contributed by atoms with van der Waals surface area (Å²) in [4.78, 5) is 16.5. The maximum Gasteiger partial charge on any atom is 0.235 e. The number of nitrogens with zero attached hydrogens (tertiary/aromatic N) is 2. The lowest BCUT2D eigenvalue weighted by Crippen LogP contribution is -2.14. The minimum Gasteiger partial charge on any atom is -0.325 e. The summed E-state index contributed by atoms with van der Waals surface area (Å²) in [6, 6.07) is 13.8. The van der Waals surface area contributed by atoms with Crippen LogP contribution < -0.4 is 5.32 Å². The Labute approximate surface area is 142 Å². The number of nitrogens with one attached hydrogen (secondary N) is 1. The Morgan fingerprint density at radius 1 is 1.30 bits per heavy atom. The highest BCUT2D eigenvalue weighted by atomic mass is 32.2. The van der Waals surface area contributed by atoms with E-state index in [0.717, 1.165) is 43.8 Å². The normalized spacial score (nSPS) is 10.4. The molecular weight excluding hydrogens is 326 g/mol. The van der Waals surface area contributed by atoms with Crippen LogP contribution in [0.25, 0.3) is 20.8 Å². The van der Waals surface area contributed by atoms with Gasteiger partial charge in [-0.05, 0) is 42.4 Å². The summed E-state index contributed by atoms with van der Waals surface area (Å²) in [5.74, 6) is -0.0532. The molecule has 23 heavy (non-hydrogen) atoms. The van der Waals surface area contributed by atoms with Crippen LogP contribution in [-0.2, 0) is 4.79 Å². The Hall–Kier alpha value is -2.36. The van der Waals surface area contributed by atoms with Gasteiger partial charge in [-0.2, -0.15) is 5.26 Å². The molecule has 0 bridgehead atoms. The average Bonchev–Trinajstić information content (AvgIpc) is 2.98. The van der Waals surface area contributed by atoms with Crippen molar-refractivity contribution in [3.05, 3.63) is 48.0 Å². The van der Waals surface area contributed by atoms with E-state index in [1.807, 2.05) is 48.7 Å². The number of fused-ring (bicyclic) bond motifs is 1. The molecule has 0 aliphatic heterocycles. The molecule has 0 atom stereocenters. The van der Waals surface area contributed by atoms with Crippen LogP contribution in [-0.4, -0.2) is 16.6 Å². The first-order chi connectivity index (χ1) is 11.2. The zero-order chi connectivity index (χ0) is 16.2. The van der Waals surface area contributed by atoms with Gasteiger partial charge in [-0.25, -0.2) is 4.98 Å². The number of thioether (sulfide) groups is 1. The number of benzene rings is 2. The molecule has 114 valence electrons. The lowest BCUT2D eigenvalue weighted by atomic mass is 10.1. The fourth-order valence-corrected chi connectivity index (χ4v) is 3.59. The van der Waals surface area contributed by atoms with Crippen LogP contribution in [0, 0.1) is 17.6 Å². The van der Waals surface area contributed by atoms with Crippen LogP contribution in [0.2, 0.25) is 0 Å². The number of thiocyanates is 1. The van der Waals surface area contributed by atoms with Crippen molar-refractivity contribution in [2.75, 3.05) is 11.1 Å². The standard InChI is InChI=1S/C17H13N3OS2/c1-11-12(17-20-14-6-2-3-8-15(14)23-17)5-4-7-13(11)19-16(21)9-22-10-18/h2-8H,9H2,1H3,(H,19,21). The summed E-state index contributed by atoms with van der Waals surface area (Å²) in [6.07, 6.45) is 0. The van der Waals surface area contributed by atoms with Gasteiger partial charge in [0.25, 0.3) is 0 Å². The maximum atomic E-state index is 11.8. The van der Waals surface area contributed by atoms with Crippen molar-refractivity contribution in [2.24, 2.45) is 0 Å². The predicted octanol–water partition coefficient (Wildman–Crippen LogP) is 4.42. The second kappa shape index (κ2) is 6.82. The molecule has 6 heteroatoms. The van der Waals surface area contributed by atoms with Gasteiger partial charge in [0.05, 0.1) is 16.0 Å². The van der Waals surface area contributed by atoms with E-state index in [2.05, 4.69) is 16.4 Å². The number of hydrogen-bond donors (Lipinski definition) is 1. The van der Waals surface area contributed by atoms with E-state index < -0.39 is 0 Å². The largest absolute Gasteiger partial charge is 0.325 e. The molecule has 1 amide bonds. The van der Waals surface area contributed by atoms with Crippen molar-refractivity contribution in [3.63, 3.8) is 0 Å². The van der Waals surface area contributed by atoms with Gasteiger partial charge >= 0.3 is 0 Å². The van der Waals surface area contributed by atoms with Gasteiger partial charge in [-0.1, -0.05) is 24.3 Å². The van der Waals surface area contributed by atoms with Gasteiger partial charge in [-0.3, -0.25) is 4.79 Å². The first-order valence-electron chi connectivity index (χ1n) is 6.95. The van der Waals surface area contributed by atoms with Crippen molar-refractivity contribution < 1.29 is 4.79 Å². The van der Waals surface area contributed by atoms with Crippen LogP contribution >= 0.6 is 23.1 Å². The SMILES string of the molecule is Cc1c(NC(=O)CSC#N)cccc1-c1nc2ccccc2s1. The third-order valence-electron chi connectivity index (χ3n) is 3.40. The molecule has 0 unspecified atom stereocenters. The summed E-state index contributed by atoms with van der Waals surface area (Å²) in [6.45, 7) is 1.97. The van der Waals surface area contributed by atoms with Gasteiger partial charge in [0.1, 0.15) is 10.4 Å². The van der Waals surface area contributed by atoms with Gasteiger partial charge in [0.15, 0.2) is 0 Å². The number of anilines is 1. The Morgan fingerprint density at radius 3 is 2.91 bits per heavy atom. The lowest BCUT2D eigenvalue weighted by molar-refractivity contribution is -0.113. The molecule has 0 aliphatic rings. The molecule has 0 saturated heterocycles. The maximum absolute atomic E-state index is 11.8. The van der Waals surface area contributed by atoms with Crippen molar-refractivity contribution in [3.8, 4) is 16.0 Å². The lowest BCUT2D eigenvalue weighted by Gasteiger charge is -2.10. The number of carbonyl (C=O) groups is 1. The number of carbonyl (C=O) groups excluding carboxylic acids is 1. The van der Waals surface area contributed by atoms with Gasteiger partial charge in [-0.15, -0.1) is 11.3 Å². The molecular formula is C17H13N3OS2. The van der Waals surface area contributed by atoms with E-state index in [4.69, 9.17) is 5.26 Å². The molecule has 1 heterocycles. The van der Waals surface area contributed by atoms with Crippen molar-refractivity contribution in [2.45, 2.75) is 6.92 Å². The van der Waals surface area contributed by atoms with E-state index >= 15 is 0 Å². The average molecular weight is 339 g/mol. The van der Waals surface area contributed by atoms with Crippen molar-refractivity contribution >= 4 is 44.9 Å².